The van der Waals surface area contributed by atoms with Gasteiger partial charge in [-0.1, -0.05) is 64.7 Å². The van der Waals surface area contributed by atoms with Crippen molar-refractivity contribution in [1.29, 1.82) is 0 Å². The third-order valence-corrected chi connectivity index (χ3v) is 7.60. The summed E-state index contributed by atoms with van der Waals surface area (Å²) in [5.74, 6) is 2.12. The molecule has 2 aliphatic rings. The summed E-state index contributed by atoms with van der Waals surface area (Å²) in [5, 5.41) is 3.91. The zero-order valence-corrected chi connectivity index (χ0v) is 20.0. The van der Waals surface area contributed by atoms with Crippen LogP contribution in [0.3, 0.4) is 0 Å². The summed E-state index contributed by atoms with van der Waals surface area (Å²) in [6, 6.07) is 0. The van der Waals surface area contributed by atoms with E-state index in [1.807, 2.05) is 0 Å². The third kappa shape index (κ3) is 5.88. The highest BCUT2D eigenvalue weighted by molar-refractivity contribution is 6.64. The lowest BCUT2D eigenvalue weighted by Gasteiger charge is -2.22. The molecule has 2 nitrogen and oxygen atoms in total. The third-order valence-electron chi connectivity index (χ3n) is 7.35. The molecule has 0 spiro atoms. The summed E-state index contributed by atoms with van der Waals surface area (Å²) in [5.41, 5.74) is 3.63. The molecular weight excluding hydrogens is 364 g/mol. The fourth-order valence-electron chi connectivity index (χ4n) is 5.66. The Kier molecular flexibility index (Phi) is 8.26. The van der Waals surface area contributed by atoms with Crippen LogP contribution in [0.2, 0.25) is 0 Å². The van der Waals surface area contributed by atoms with Crippen LogP contribution in [0.5, 0.6) is 0 Å². The molecule has 0 aliphatic heterocycles. The van der Waals surface area contributed by atoms with Gasteiger partial charge in [0.25, 0.3) is 0 Å². The van der Waals surface area contributed by atoms with Gasteiger partial charge in [0.15, 0.2) is 5.29 Å². The van der Waals surface area contributed by atoms with E-state index in [0.717, 1.165) is 25.4 Å². The number of aliphatic imine (C=N–C) groups is 1. The van der Waals surface area contributed by atoms with Gasteiger partial charge in [-0.25, -0.2) is 0 Å². The van der Waals surface area contributed by atoms with Gasteiger partial charge in [0.1, 0.15) is 0 Å². The molecule has 1 saturated carbocycles. The number of amidine groups is 1. The molecule has 0 aromatic heterocycles. The fourth-order valence-corrected chi connectivity index (χ4v) is 5.82. The van der Waals surface area contributed by atoms with E-state index < -0.39 is 0 Å². The summed E-state index contributed by atoms with van der Waals surface area (Å²) in [6.45, 7) is 19.7. The van der Waals surface area contributed by atoms with Gasteiger partial charge in [-0.3, -0.25) is 4.99 Å². The van der Waals surface area contributed by atoms with Gasteiger partial charge in [-0.2, -0.15) is 0 Å². The van der Waals surface area contributed by atoms with E-state index in [1.165, 1.54) is 38.5 Å². The smallest absolute Gasteiger partial charge is 0.191 e. The molecule has 28 heavy (non-hydrogen) atoms. The molecule has 0 aromatic rings. The molecule has 2 rings (SSSR count). The number of rotatable bonds is 6. The second-order valence-electron chi connectivity index (χ2n) is 10.5. The molecule has 3 heteroatoms. The lowest BCUT2D eigenvalue weighted by atomic mass is 9.84. The first-order chi connectivity index (χ1) is 13.1. The molecule has 0 amide bonds. The van der Waals surface area contributed by atoms with Gasteiger partial charge in [0.2, 0.25) is 0 Å². The summed E-state index contributed by atoms with van der Waals surface area (Å²) < 4.78 is 0. The minimum Gasteiger partial charge on any atom is -0.360 e. The molecule has 0 radical (unpaired) electrons. The Balaban J connectivity index is 1.85. The predicted octanol–water partition coefficient (Wildman–Crippen LogP) is 7.35. The maximum absolute atomic E-state index is 6.43. The summed E-state index contributed by atoms with van der Waals surface area (Å²) >= 11 is 6.43. The van der Waals surface area contributed by atoms with Crippen LogP contribution in [-0.4, -0.2) is 18.4 Å². The molecule has 0 saturated heterocycles. The minimum absolute atomic E-state index is 0.105. The number of allylic oxidation sites excluding steroid dienone is 1. The highest BCUT2D eigenvalue weighted by atomic mass is 35.5. The van der Waals surface area contributed by atoms with Crippen molar-refractivity contribution in [3.05, 3.63) is 23.8 Å². The van der Waals surface area contributed by atoms with Crippen molar-refractivity contribution in [2.75, 3.05) is 13.1 Å². The predicted molar refractivity (Wildman–Crippen MR) is 125 cm³/mol. The van der Waals surface area contributed by atoms with E-state index in [1.54, 1.807) is 11.1 Å². The van der Waals surface area contributed by atoms with Gasteiger partial charge in [0, 0.05) is 12.0 Å². The van der Waals surface area contributed by atoms with Gasteiger partial charge in [0.05, 0.1) is 6.54 Å². The molecule has 4 unspecified atom stereocenters. The highest BCUT2D eigenvalue weighted by Crippen LogP contribution is 2.66. The quantitative estimate of drug-likeness (QED) is 0.212. The number of hydrogen-bond donors (Lipinski definition) is 1. The molecule has 0 heterocycles. The van der Waals surface area contributed by atoms with E-state index >= 15 is 0 Å². The minimum atomic E-state index is 0.105. The molecular formula is C25H43ClN2. The zero-order valence-electron chi connectivity index (χ0n) is 19.2. The standard InChI is InChI=1S/C25H43ClN2/c1-8-25(20(4)22(25)24(5,6)7)17-28-23(26)27-16-15-21-14-10-12-18(2)11-9-13-19(21)3/h8,18,20,22H,1,9-17H2,2-7H3,(H,27,28). The van der Waals surface area contributed by atoms with Crippen molar-refractivity contribution < 1.29 is 0 Å². The van der Waals surface area contributed by atoms with E-state index in [2.05, 4.69) is 64.5 Å². The Morgan fingerprint density at radius 3 is 2.46 bits per heavy atom. The van der Waals surface area contributed by atoms with Gasteiger partial charge >= 0.3 is 0 Å². The first kappa shape index (κ1) is 23.5. The van der Waals surface area contributed by atoms with Gasteiger partial charge in [-0.05, 0) is 73.8 Å². The van der Waals surface area contributed by atoms with Crippen LogP contribution < -0.4 is 5.32 Å². The van der Waals surface area contributed by atoms with E-state index in [0.29, 0.717) is 17.1 Å². The van der Waals surface area contributed by atoms with Crippen molar-refractivity contribution >= 4 is 16.9 Å². The van der Waals surface area contributed by atoms with Crippen molar-refractivity contribution in [2.45, 2.75) is 86.5 Å². The average Bonchev–Trinajstić information content (AvgIpc) is 3.21. The Bertz CT molecular complexity index is 598. The number of nitrogens with zero attached hydrogens (tertiary/aromatic N) is 1. The van der Waals surface area contributed by atoms with Crippen LogP contribution in [-0.2, 0) is 0 Å². The normalized spacial score (nSPS) is 32.4. The van der Waals surface area contributed by atoms with Crippen LogP contribution in [0, 0.1) is 28.6 Å². The monoisotopic (exact) mass is 406 g/mol. The fraction of sp³-hybridized carbons (Fsp3) is 0.800. The SMILES string of the molecule is C=CC1(CN=C(Cl)NCCC2=C(C)CCCC(C)CCC2)C(C)C1C(C)(C)C. The Hall–Kier alpha value is -0.760. The molecule has 0 aromatic carbocycles. The average molecular weight is 407 g/mol. The summed E-state index contributed by atoms with van der Waals surface area (Å²) in [4.78, 5) is 4.69. The van der Waals surface area contributed by atoms with Crippen LogP contribution in [0.4, 0.5) is 0 Å². The van der Waals surface area contributed by atoms with Crippen molar-refractivity contribution in [2.24, 2.45) is 33.6 Å². The maximum atomic E-state index is 6.43. The lowest BCUT2D eigenvalue weighted by Crippen LogP contribution is -2.22. The van der Waals surface area contributed by atoms with Crippen molar-refractivity contribution in [1.82, 2.24) is 5.32 Å². The van der Waals surface area contributed by atoms with Crippen LogP contribution in [0.25, 0.3) is 0 Å². The molecule has 2 aliphatic carbocycles. The molecule has 1 fully saturated rings. The molecule has 1 N–H and O–H groups in total. The van der Waals surface area contributed by atoms with Gasteiger partial charge < -0.3 is 5.32 Å². The first-order valence-electron chi connectivity index (χ1n) is 11.4. The molecule has 160 valence electrons. The van der Waals surface area contributed by atoms with E-state index in [4.69, 9.17) is 11.6 Å². The van der Waals surface area contributed by atoms with E-state index in [9.17, 15) is 0 Å². The molecule has 0 bridgehead atoms. The topological polar surface area (TPSA) is 24.4 Å². The second kappa shape index (κ2) is 9.83. The Morgan fingerprint density at radius 1 is 1.25 bits per heavy atom. The number of hydrogen-bond acceptors (Lipinski definition) is 1. The lowest BCUT2D eigenvalue weighted by molar-refractivity contribution is 0.303. The van der Waals surface area contributed by atoms with Crippen LogP contribution in [0.15, 0.2) is 28.8 Å². The maximum Gasteiger partial charge on any atom is 0.191 e. The largest absolute Gasteiger partial charge is 0.360 e. The summed E-state index contributed by atoms with van der Waals surface area (Å²) in [6.07, 6.45) is 11.1. The zero-order chi connectivity index (χ0) is 20.9. The first-order valence-corrected chi connectivity index (χ1v) is 11.7. The van der Waals surface area contributed by atoms with Crippen molar-refractivity contribution in [3.8, 4) is 0 Å². The van der Waals surface area contributed by atoms with Gasteiger partial charge in [-0.15, -0.1) is 6.58 Å². The van der Waals surface area contributed by atoms with Crippen LogP contribution in [0.1, 0.15) is 86.5 Å². The van der Waals surface area contributed by atoms with E-state index in [-0.39, 0.29) is 10.8 Å². The van der Waals surface area contributed by atoms with Crippen LogP contribution >= 0.6 is 11.6 Å². The number of halogens is 1. The number of nitrogens with one attached hydrogen (secondary N) is 1. The Labute approximate surface area is 179 Å². The van der Waals surface area contributed by atoms with Crippen molar-refractivity contribution in [3.63, 3.8) is 0 Å². The second-order valence-corrected chi connectivity index (χ2v) is 10.9. The molecule has 4 atom stereocenters. The summed E-state index contributed by atoms with van der Waals surface area (Å²) in [7, 11) is 0. The highest BCUT2D eigenvalue weighted by Gasteiger charge is 2.63. The Morgan fingerprint density at radius 2 is 1.89 bits per heavy atom.